The quantitative estimate of drug-likeness (QED) is 0.250. The summed E-state index contributed by atoms with van der Waals surface area (Å²) in [5, 5.41) is 6.65. The zero-order valence-electron chi connectivity index (χ0n) is 20.4. The van der Waals surface area contributed by atoms with Gasteiger partial charge >= 0.3 is 5.97 Å². The van der Waals surface area contributed by atoms with Gasteiger partial charge in [0, 0.05) is 30.1 Å². The van der Waals surface area contributed by atoms with Crippen LogP contribution in [0.25, 0.3) is 0 Å². The van der Waals surface area contributed by atoms with E-state index in [4.69, 9.17) is 15.2 Å². The van der Waals surface area contributed by atoms with E-state index in [0.717, 1.165) is 37.1 Å². The second kappa shape index (κ2) is 12.0. The molecule has 0 amide bonds. The fraction of sp³-hybridized carbons (Fsp3) is 0.464. The van der Waals surface area contributed by atoms with Gasteiger partial charge in [-0.2, -0.15) is 5.10 Å². The van der Waals surface area contributed by atoms with Crippen LogP contribution in [0.2, 0.25) is 0 Å². The number of rotatable bonds is 9. The summed E-state index contributed by atoms with van der Waals surface area (Å²) in [6.07, 6.45) is 7.54. The normalized spacial score (nSPS) is 19.8. The smallest absolute Gasteiger partial charge is 0.306 e. The van der Waals surface area contributed by atoms with Crippen molar-refractivity contribution >= 4 is 18.0 Å². The van der Waals surface area contributed by atoms with E-state index in [1.54, 1.807) is 6.07 Å². The predicted octanol–water partition coefficient (Wildman–Crippen LogP) is 4.31. The zero-order valence-corrected chi connectivity index (χ0v) is 20.4. The largest absolute Gasteiger partial charge is 0.475 e. The van der Waals surface area contributed by atoms with E-state index in [-0.39, 0.29) is 24.1 Å². The Morgan fingerprint density at radius 3 is 2.60 bits per heavy atom. The third kappa shape index (κ3) is 6.69. The van der Waals surface area contributed by atoms with Crippen molar-refractivity contribution in [3.63, 3.8) is 0 Å². The number of benzene rings is 2. The summed E-state index contributed by atoms with van der Waals surface area (Å²) in [5.74, 6) is 0.120. The van der Waals surface area contributed by atoms with E-state index in [0.29, 0.717) is 29.9 Å². The van der Waals surface area contributed by atoms with Gasteiger partial charge in [-0.05, 0) is 49.3 Å². The number of hydrogen-bond acceptors (Lipinski definition) is 7. The lowest BCUT2D eigenvalue weighted by atomic mass is 9.90. The number of ether oxygens (including phenoxy) is 2. The molecule has 0 aliphatic carbocycles. The van der Waals surface area contributed by atoms with E-state index in [1.807, 2.05) is 42.6 Å². The summed E-state index contributed by atoms with van der Waals surface area (Å²) in [6.45, 7) is 4.49. The van der Waals surface area contributed by atoms with Crippen LogP contribution < -0.4 is 10.5 Å². The molecule has 7 heteroatoms. The molecule has 2 aliphatic rings. The molecule has 4 rings (SSSR count). The number of unbranched alkanes of at least 4 members (excludes halogenated alkanes) is 1. The average molecular weight is 478 g/mol. The Bertz CT molecular complexity index is 1040. The topological polar surface area (TPSA) is 94.2 Å². The molecule has 0 saturated carbocycles. The summed E-state index contributed by atoms with van der Waals surface area (Å²) in [5.41, 5.74) is 9.26. The first-order chi connectivity index (χ1) is 17.0. The molecule has 2 unspecified atom stereocenters. The third-order valence-electron chi connectivity index (χ3n) is 6.60. The van der Waals surface area contributed by atoms with Crippen LogP contribution >= 0.6 is 0 Å². The fourth-order valence-electron chi connectivity index (χ4n) is 4.44. The Labute approximate surface area is 207 Å². The molecule has 2 heterocycles. The molecule has 2 aliphatic heterocycles. The van der Waals surface area contributed by atoms with Gasteiger partial charge < -0.3 is 9.47 Å². The minimum absolute atomic E-state index is 0.0777. The van der Waals surface area contributed by atoms with Crippen LogP contribution in [-0.4, -0.2) is 48.9 Å². The number of hydrazone groups is 1. The first-order valence-corrected chi connectivity index (χ1v) is 12.7. The maximum Gasteiger partial charge on any atom is 0.306 e. The summed E-state index contributed by atoms with van der Waals surface area (Å²) >= 11 is 0. The number of nitrogens with zero attached hydrogens (tertiary/aromatic N) is 2. The molecule has 7 nitrogen and oxygen atoms in total. The summed E-state index contributed by atoms with van der Waals surface area (Å²) in [6, 6.07) is 12.9. The van der Waals surface area contributed by atoms with Crippen molar-refractivity contribution in [3.05, 3.63) is 64.7 Å². The van der Waals surface area contributed by atoms with Crippen molar-refractivity contribution in [2.75, 3.05) is 19.7 Å². The maximum atomic E-state index is 13.1. The molecule has 0 bridgehead atoms. The Morgan fingerprint density at radius 1 is 1.11 bits per heavy atom. The molecular weight excluding hydrogens is 442 g/mol. The van der Waals surface area contributed by atoms with Crippen LogP contribution in [0.5, 0.6) is 5.75 Å². The number of ketones is 1. The van der Waals surface area contributed by atoms with Crippen molar-refractivity contribution in [3.8, 4) is 5.75 Å². The second-order valence-electron chi connectivity index (χ2n) is 9.36. The molecule has 2 aromatic carbocycles. The van der Waals surface area contributed by atoms with Crippen LogP contribution in [0.1, 0.15) is 72.5 Å². The molecule has 1 saturated heterocycles. The fourth-order valence-corrected chi connectivity index (χ4v) is 4.44. The Hall–Kier alpha value is -3.19. The highest BCUT2D eigenvalue weighted by atomic mass is 16.5. The molecule has 0 spiro atoms. The van der Waals surface area contributed by atoms with Crippen LogP contribution in [0.3, 0.4) is 0 Å². The lowest BCUT2D eigenvalue weighted by Crippen LogP contribution is -2.41. The molecule has 2 atom stereocenters. The van der Waals surface area contributed by atoms with Gasteiger partial charge in [0.2, 0.25) is 0 Å². The number of fused-ring (bicyclic) bond motifs is 1. The highest BCUT2D eigenvalue weighted by Gasteiger charge is 2.30. The van der Waals surface area contributed by atoms with Crippen LogP contribution in [0, 0.1) is 5.92 Å². The van der Waals surface area contributed by atoms with E-state index in [9.17, 15) is 9.59 Å². The third-order valence-corrected chi connectivity index (χ3v) is 6.60. The minimum atomic E-state index is -0.620. The highest BCUT2D eigenvalue weighted by Crippen LogP contribution is 2.32. The Kier molecular flexibility index (Phi) is 8.53. The van der Waals surface area contributed by atoms with Gasteiger partial charge in [0.15, 0.2) is 12.0 Å². The monoisotopic (exact) mass is 477 g/mol. The number of carbonyl (C=O) groups excluding carboxylic acids is 2. The highest BCUT2D eigenvalue weighted by molar-refractivity contribution is 6.09. The summed E-state index contributed by atoms with van der Waals surface area (Å²) < 4.78 is 11.2. The summed E-state index contributed by atoms with van der Waals surface area (Å²) in [4.78, 5) is 25.2. The molecular formula is C28H35N3O4. The average Bonchev–Trinajstić information content (AvgIpc) is 2.88. The van der Waals surface area contributed by atoms with Crippen molar-refractivity contribution < 1.29 is 19.1 Å². The number of carbonyl (C=O) groups is 2. The molecule has 2 N–H and O–H groups in total. The first-order valence-electron chi connectivity index (χ1n) is 12.7. The van der Waals surface area contributed by atoms with Crippen molar-refractivity contribution in [1.82, 2.24) is 5.01 Å². The number of piperidine rings is 1. The minimum Gasteiger partial charge on any atom is -0.475 e. The predicted molar refractivity (Wildman–Crippen MR) is 136 cm³/mol. The van der Waals surface area contributed by atoms with E-state index < -0.39 is 6.23 Å². The van der Waals surface area contributed by atoms with Crippen molar-refractivity contribution in [2.24, 2.45) is 16.8 Å². The molecule has 0 radical (unpaired) electrons. The second-order valence-corrected chi connectivity index (χ2v) is 9.36. The molecule has 0 aromatic heterocycles. The van der Waals surface area contributed by atoms with Gasteiger partial charge in [0.05, 0.1) is 19.2 Å². The first kappa shape index (κ1) is 24.9. The number of esters is 1. The Balaban J connectivity index is 1.37. The number of nitrogens with two attached hydrogens (primary N) is 1. The van der Waals surface area contributed by atoms with Gasteiger partial charge in [-0.3, -0.25) is 20.3 Å². The van der Waals surface area contributed by atoms with Crippen molar-refractivity contribution in [2.45, 2.75) is 58.1 Å². The van der Waals surface area contributed by atoms with Gasteiger partial charge in [-0.25, -0.2) is 0 Å². The van der Waals surface area contributed by atoms with Crippen LogP contribution in [0.15, 0.2) is 47.6 Å². The number of hydrogen-bond donors (Lipinski definition) is 1. The van der Waals surface area contributed by atoms with Gasteiger partial charge in [-0.15, -0.1) is 0 Å². The van der Waals surface area contributed by atoms with Gasteiger partial charge in [-0.1, -0.05) is 49.7 Å². The van der Waals surface area contributed by atoms with E-state index in [2.05, 4.69) is 17.0 Å². The lowest BCUT2D eigenvalue weighted by molar-refractivity contribution is -0.145. The molecule has 35 heavy (non-hydrogen) atoms. The van der Waals surface area contributed by atoms with Crippen molar-refractivity contribution in [1.29, 1.82) is 0 Å². The summed E-state index contributed by atoms with van der Waals surface area (Å²) in [7, 11) is 0. The maximum absolute atomic E-state index is 13.1. The van der Waals surface area contributed by atoms with E-state index in [1.165, 1.54) is 19.3 Å². The van der Waals surface area contributed by atoms with Crippen LogP contribution in [-0.2, 0) is 16.0 Å². The van der Waals surface area contributed by atoms with Gasteiger partial charge in [0.25, 0.3) is 0 Å². The lowest BCUT2D eigenvalue weighted by Gasteiger charge is -2.30. The zero-order chi connectivity index (χ0) is 24.6. The van der Waals surface area contributed by atoms with Crippen LogP contribution in [0.4, 0.5) is 0 Å². The SMILES string of the molecule is CCCCOC(=O)CC1Cc2ccc(C(=O)c3ccc(C=NN4CCCCC4)cc3)cc2OC1N. The molecule has 1 fully saturated rings. The van der Waals surface area contributed by atoms with Gasteiger partial charge in [0.1, 0.15) is 5.75 Å². The molecule has 2 aromatic rings. The van der Waals surface area contributed by atoms with E-state index >= 15 is 0 Å². The standard InChI is InChI=1S/C28H35N3O4/c1-2-3-15-34-26(32)18-24-16-22-11-12-23(17-25(22)35-28(24)29)27(33)21-9-7-20(8-10-21)19-30-31-13-5-4-6-14-31/h7-12,17,19,24,28H,2-6,13-16,18,29H2,1H3. The molecule has 186 valence electrons. The Morgan fingerprint density at radius 2 is 1.86 bits per heavy atom.